The molecule has 2 aromatic rings. The molecule has 2 N–H and O–H groups in total. The van der Waals surface area contributed by atoms with E-state index in [-0.39, 0.29) is 27.0 Å². The van der Waals surface area contributed by atoms with E-state index in [9.17, 15) is 14.3 Å². The number of carbonyl (C=O) groups is 1. The highest BCUT2D eigenvalue weighted by Crippen LogP contribution is 2.27. The van der Waals surface area contributed by atoms with E-state index in [0.29, 0.717) is 5.56 Å². The minimum atomic E-state index is -0.737. The van der Waals surface area contributed by atoms with E-state index >= 15 is 0 Å². The summed E-state index contributed by atoms with van der Waals surface area (Å²) in [4.78, 5) is 12.0. The molecule has 0 bridgehead atoms. The Morgan fingerprint density at radius 1 is 1.20 bits per heavy atom. The zero-order valence-electron chi connectivity index (χ0n) is 10.4. The van der Waals surface area contributed by atoms with Gasteiger partial charge in [-0.3, -0.25) is 4.79 Å². The van der Waals surface area contributed by atoms with Crippen LogP contribution in [0.5, 0.6) is 5.75 Å². The maximum atomic E-state index is 13.3. The average molecular weight is 314 g/mol. The van der Waals surface area contributed by atoms with E-state index in [1.54, 1.807) is 19.1 Å². The Kier molecular flexibility index (Phi) is 4.16. The van der Waals surface area contributed by atoms with Gasteiger partial charge in [-0.1, -0.05) is 29.3 Å². The molecule has 0 aliphatic carbocycles. The fourth-order valence-corrected chi connectivity index (χ4v) is 2.07. The predicted octanol–water partition coefficient (Wildman–Crippen LogP) is 4.40. The van der Waals surface area contributed by atoms with Gasteiger partial charge in [-0.25, -0.2) is 4.39 Å². The molecule has 0 saturated heterocycles. The summed E-state index contributed by atoms with van der Waals surface area (Å²) in [7, 11) is 0. The van der Waals surface area contributed by atoms with Crippen molar-refractivity contribution in [2.75, 3.05) is 5.32 Å². The van der Waals surface area contributed by atoms with Crippen LogP contribution in [-0.4, -0.2) is 11.0 Å². The van der Waals surface area contributed by atoms with Crippen molar-refractivity contribution in [1.82, 2.24) is 0 Å². The third-order valence-electron chi connectivity index (χ3n) is 2.71. The SMILES string of the molecule is Cc1ccc(C(=O)Nc2cc(Cl)c(F)c(Cl)c2)cc1O. The van der Waals surface area contributed by atoms with Crippen LogP contribution in [0.4, 0.5) is 10.1 Å². The smallest absolute Gasteiger partial charge is 0.255 e. The Bertz CT molecular complexity index is 666. The molecule has 0 unspecified atom stereocenters. The van der Waals surface area contributed by atoms with Crippen molar-refractivity contribution in [2.24, 2.45) is 0 Å². The van der Waals surface area contributed by atoms with Crippen LogP contribution in [0, 0.1) is 12.7 Å². The third-order valence-corrected chi connectivity index (χ3v) is 3.26. The Labute approximate surface area is 124 Å². The van der Waals surface area contributed by atoms with Crippen LogP contribution >= 0.6 is 23.2 Å². The minimum absolute atomic E-state index is 0.0211. The molecule has 0 radical (unpaired) electrons. The lowest BCUT2D eigenvalue weighted by atomic mass is 10.1. The first kappa shape index (κ1) is 14.6. The van der Waals surface area contributed by atoms with Gasteiger partial charge in [0.25, 0.3) is 5.91 Å². The molecule has 0 fully saturated rings. The van der Waals surface area contributed by atoms with Crippen LogP contribution in [0.25, 0.3) is 0 Å². The van der Waals surface area contributed by atoms with Gasteiger partial charge < -0.3 is 10.4 Å². The second-order valence-corrected chi connectivity index (χ2v) is 5.02. The van der Waals surface area contributed by atoms with Gasteiger partial charge >= 0.3 is 0 Å². The van der Waals surface area contributed by atoms with Crippen molar-refractivity contribution < 1.29 is 14.3 Å². The molecule has 0 heterocycles. The fraction of sp³-hybridized carbons (Fsp3) is 0.0714. The van der Waals surface area contributed by atoms with Gasteiger partial charge in [-0.05, 0) is 36.8 Å². The van der Waals surface area contributed by atoms with Crippen molar-refractivity contribution in [1.29, 1.82) is 0 Å². The van der Waals surface area contributed by atoms with Gasteiger partial charge in [-0.15, -0.1) is 0 Å². The van der Waals surface area contributed by atoms with Crippen LogP contribution in [0.1, 0.15) is 15.9 Å². The molecule has 104 valence electrons. The maximum Gasteiger partial charge on any atom is 0.255 e. The van der Waals surface area contributed by atoms with E-state index in [1.165, 1.54) is 18.2 Å². The quantitative estimate of drug-likeness (QED) is 0.807. The van der Waals surface area contributed by atoms with E-state index < -0.39 is 11.7 Å². The van der Waals surface area contributed by atoms with Crippen LogP contribution in [0.2, 0.25) is 10.0 Å². The van der Waals surface area contributed by atoms with Crippen molar-refractivity contribution in [3.8, 4) is 5.75 Å². The van der Waals surface area contributed by atoms with Crippen molar-refractivity contribution in [2.45, 2.75) is 6.92 Å². The van der Waals surface area contributed by atoms with Crippen LogP contribution < -0.4 is 5.32 Å². The molecule has 0 aliphatic heterocycles. The number of aryl methyl sites for hydroxylation is 1. The molecule has 3 nitrogen and oxygen atoms in total. The lowest BCUT2D eigenvalue weighted by molar-refractivity contribution is 0.102. The van der Waals surface area contributed by atoms with Crippen molar-refractivity contribution in [3.63, 3.8) is 0 Å². The number of hydrogen-bond donors (Lipinski definition) is 2. The van der Waals surface area contributed by atoms with Gasteiger partial charge in [0, 0.05) is 11.3 Å². The predicted molar refractivity (Wildman–Crippen MR) is 77.2 cm³/mol. The summed E-state index contributed by atoms with van der Waals surface area (Å²) in [5.74, 6) is -1.17. The molecule has 0 spiro atoms. The minimum Gasteiger partial charge on any atom is -0.508 e. The van der Waals surface area contributed by atoms with E-state index in [4.69, 9.17) is 23.2 Å². The number of rotatable bonds is 2. The molecule has 6 heteroatoms. The van der Waals surface area contributed by atoms with Crippen LogP contribution in [0.15, 0.2) is 30.3 Å². The summed E-state index contributed by atoms with van der Waals surface area (Å²) >= 11 is 11.3. The molecular formula is C14H10Cl2FNO2. The summed E-state index contributed by atoms with van der Waals surface area (Å²) in [5, 5.41) is 11.7. The number of aromatic hydroxyl groups is 1. The number of anilines is 1. The van der Waals surface area contributed by atoms with Gasteiger partial charge in [0.15, 0.2) is 5.82 Å². The summed E-state index contributed by atoms with van der Waals surface area (Å²) in [6.45, 7) is 1.72. The topological polar surface area (TPSA) is 49.3 Å². The molecule has 0 aromatic heterocycles. The first-order valence-corrected chi connectivity index (χ1v) is 6.39. The van der Waals surface area contributed by atoms with Gasteiger partial charge in [0.1, 0.15) is 5.75 Å². The highest BCUT2D eigenvalue weighted by Gasteiger charge is 2.12. The Morgan fingerprint density at radius 3 is 2.35 bits per heavy atom. The molecular weight excluding hydrogens is 304 g/mol. The molecule has 0 aliphatic rings. The third kappa shape index (κ3) is 3.03. The summed E-state index contributed by atoms with van der Waals surface area (Å²) < 4.78 is 13.3. The first-order valence-electron chi connectivity index (χ1n) is 5.64. The van der Waals surface area contributed by atoms with E-state index in [0.717, 1.165) is 0 Å². The number of amides is 1. The lowest BCUT2D eigenvalue weighted by Crippen LogP contribution is -2.12. The Hall–Kier alpha value is -1.78. The Balaban J connectivity index is 2.25. The number of nitrogens with one attached hydrogen (secondary N) is 1. The standard InChI is InChI=1S/C14H10Cl2FNO2/c1-7-2-3-8(4-12(7)19)14(20)18-9-5-10(15)13(17)11(16)6-9/h2-6,19H,1H3,(H,18,20). The van der Waals surface area contributed by atoms with E-state index in [1.807, 2.05) is 0 Å². The van der Waals surface area contributed by atoms with Crippen molar-refractivity contribution >= 4 is 34.8 Å². The van der Waals surface area contributed by atoms with Gasteiger partial charge in [-0.2, -0.15) is 0 Å². The molecule has 0 atom stereocenters. The summed E-state index contributed by atoms with van der Waals surface area (Å²) in [5.41, 5.74) is 1.20. The van der Waals surface area contributed by atoms with Gasteiger partial charge in [0.05, 0.1) is 10.0 Å². The second-order valence-electron chi connectivity index (χ2n) is 4.21. The highest BCUT2D eigenvalue weighted by atomic mass is 35.5. The zero-order valence-corrected chi connectivity index (χ0v) is 11.9. The largest absolute Gasteiger partial charge is 0.508 e. The number of hydrogen-bond acceptors (Lipinski definition) is 2. The number of phenolic OH excluding ortho intramolecular Hbond substituents is 1. The van der Waals surface area contributed by atoms with Gasteiger partial charge in [0.2, 0.25) is 0 Å². The molecule has 1 amide bonds. The first-order chi connectivity index (χ1) is 9.38. The Morgan fingerprint density at radius 2 is 1.80 bits per heavy atom. The number of carbonyl (C=O) groups excluding carboxylic acids is 1. The van der Waals surface area contributed by atoms with Crippen LogP contribution in [-0.2, 0) is 0 Å². The molecule has 2 rings (SSSR count). The molecule has 2 aromatic carbocycles. The maximum absolute atomic E-state index is 13.3. The number of halogens is 3. The second kappa shape index (κ2) is 5.69. The summed E-state index contributed by atoms with van der Waals surface area (Å²) in [6.07, 6.45) is 0. The molecule has 20 heavy (non-hydrogen) atoms. The zero-order chi connectivity index (χ0) is 14.9. The van der Waals surface area contributed by atoms with E-state index in [2.05, 4.69) is 5.32 Å². The fourth-order valence-electron chi connectivity index (χ4n) is 1.58. The van der Waals surface area contributed by atoms with Crippen LogP contribution in [0.3, 0.4) is 0 Å². The average Bonchev–Trinajstić information content (AvgIpc) is 2.39. The normalized spacial score (nSPS) is 10.4. The number of phenols is 1. The lowest BCUT2D eigenvalue weighted by Gasteiger charge is -2.08. The van der Waals surface area contributed by atoms with Crippen molar-refractivity contribution in [3.05, 3.63) is 57.3 Å². The summed E-state index contributed by atoms with van der Waals surface area (Å²) in [6, 6.07) is 7.05. The molecule has 0 saturated carbocycles. The number of benzene rings is 2. The monoisotopic (exact) mass is 313 g/mol. The highest BCUT2D eigenvalue weighted by molar-refractivity contribution is 6.35.